The van der Waals surface area contributed by atoms with E-state index < -0.39 is 5.97 Å². The van der Waals surface area contributed by atoms with Crippen LogP contribution in [0.3, 0.4) is 0 Å². The molecule has 0 aliphatic rings. The molecule has 2 heterocycles. The lowest BCUT2D eigenvalue weighted by Crippen LogP contribution is -2.03. The zero-order valence-electron chi connectivity index (χ0n) is 14.8. The number of thiazole rings is 1. The lowest BCUT2D eigenvalue weighted by molar-refractivity contribution is -0.128. The Morgan fingerprint density at radius 1 is 0.964 bits per heavy atom. The molecule has 0 spiro atoms. The van der Waals surface area contributed by atoms with Crippen LogP contribution in [0.2, 0.25) is 0 Å². The Bertz CT molecular complexity index is 1070. The van der Waals surface area contributed by atoms with E-state index in [9.17, 15) is 4.79 Å². The van der Waals surface area contributed by atoms with Gasteiger partial charge in [0.25, 0.3) is 0 Å². The first kappa shape index (κ1) is 17.9. The van der Waals surface area contributed by atoms with Gasteiger partial charge in [-0.15, -0.1) is 11.3 Å². The molecule has 0 saturated carbocycles. The van der Waals surface area contributed by atoms with Crippen molar-refractivity contribution in [2.45, 2.75) is 6.61 Å². The fraction of sp³-hybridized carbons (Fsp3) is 0.0455. The topological polar surface area (TPSA) is 61.3 Å². The van der Waals surface area contributed by atoms with Crippen LogP contribution >= 0.6 is 11.3 Å². The van der Waals surface area contributed by atoms with Gasteiger partial charge in [-0.3, -0.25) is 4.98 Å². The minimum Gasteiger partial charge on any atom is -0.489 e. The van der Waals surface area contributed by atoms with Gasteiger partial charge in [-0.2, -0.15) is 0 Å². The van der Waals surface area contributed by atoms with Crippen LogP contribution in [0.1, 0.15) is 10.6 Å². The Morgan fingerprint density at radius 2 is 1.71 bits per heavy atom. The highest BCUT2D eigenvalue weighted by molar-refractivity contribution is 7.19. The number of fused-ring (bicyclic) bond motifs is 1. The van der Waals surface area contributed by atoms with Crippen LogP contribution in [0.25, 0.3) is 16.3 Å². The summed E-state index contributed by atoms with van der Waals surface area (Å²) in [4.78, 5) is 20.5. The monoisotopic (exact) mass is 388 g/mol. The van der Waals surface area contributed by atoms with E-state index in [4.69, 9.17) is 9.47 Å². The van der Waals surface area contributed by atoms with Crippen molar-refractivity contribution >= 4 is 33.6 Å². The van der Waals surface area contributed by atoms with E-state index in [1.807, 2.05) is 36.4 Å². The SMILES string of the molecule is O=C(/C=C/c1nc2ccccc2s1)Oc1ccc(OCc2ccncc2)cc1. The molecule has 5 nitrogen and oxygen atoms in total. The first-order valence-electron chi connectivity index (χ1n) is 8.63. The number of pyridine rings is 1. The number of aromatic nitrogens is 2. The standard InChI is InChI=1S/C22H16N2O3S/c25-22(10-9-21-24-19-3-1-2-4-20(19)28-21)27-18-7-5-17(6-8-18)26-15-16-11-13-23-14-12-16/h1-14H,15H2/b10-9+. The minimum absolute atomic E-state index is 0.451. The van der Waals surface area contributed by atoms with Gasteiger partial charge < -0.3 is 9.47 Å². The third-order valence-electron chi connectivity index (χ3n) is 3.87. The first-order valence-corrected chi connectivity index (χ1v) is 9.45. The average Bonchev–Trinajstić information content (AvgIpc) is 3.16. The Hall–Kier alpha value is -3.51. The van der Waals surface area contributed by atoms with Gasteiger partial charge in [-0.1, -0.05) is 12.1 Å². The Balaban J connectivity index is 1.32. The largest absolute Gasteiger partial charge is 0.489 e. The van der Waals surface area contributed by atoms with Crippen molar-refractivity contribution in [1.29, 1.82) is 0 Å². The van der Waals surface area contributed by atoms with Crippen molar-refractivity contribution in [1.82, 2.24) is 9.97 Å². The molecule has 0 unspecified atom stereocenters. The number of rotatable bonds is 6. The molecule has 28 heavy (non-hydrogen) atoms. The number of hydrogen-bond acceptors (Lipinski definition) is 6. The third kappa shape index (κ3) is 4.61. The summed E-state index contributed by atoms with van der Waals surface area (Å²) in [5.41, 5.74) is 1.95. The fourth-order valence-electron chi connectivity index (χ4n) is 2.50. The Morgan fingerprint density at radius 3 is 2.50 bits per heavy atom. The van der Waals surface area contributed by atoms with Crippen LogP contribution in [0.5, 0.6) is 11.5 Å². The van der Waals surface area contributed by atoms with E-state index in [0.29, 0.717) is 18.1 Å². The van der Waals surface area contributed by atoms with Crippen molar-refractivity contribution in [3.63, 3.8) is 0 Å². The van der Waals surface area contributed by atoms with Gasteiger partial charge in [-0.05, 0) is 60.2 Å². The summed E-state index contributed by atoms with van der Waals surface area (Å²) in [6, 6.07) is 18.6. The van der Waals surface area contributed by atoms with Crippen molar-refractivity contribution < 1.29 is 14.3 Å². The van der Waals surface area contributed by atoms with Crippen molar-refractivity contribution in [2.24, 2.45) is 0 Å². The molecular formula is C22H16N2O3S. The summed E-state index contributed by atoms with van der Waals surface area (Å²) in [7, 11) is 0. The highest BCUT2D eigenvalue weighted by Gasteiger charge is 2.04. The van der Waals surface area contributed by atoms with E-state index in [1.165, 1.54) is 17.4 Å². The highest BCUT2D eigenvalue weighted by Crippen LogP contribution is 2.23. The lowest BCUT2D eigenvalue weighted by Gasteiger charge is -2.07. The summed E-state index contributed by atoms with van der Waals surface area (Å²) in [5.74, 6) is 0.696. The molecule has 0 radical (unpaired) electrons. The number of benzene rings is 2. The zero-order chi connectivity index (χ0) is 19.2. The number of carbonyl (C=O) groups excluding carboxylic acids is 1. The van der Waals surface area contributed by atoms with E-state index in [-0.39, 0.29) is 0 Å². The quantitative estimate of drug-likeness (QED) is 0.267. The maximum atomic E-state index is 12.0. The van der Waals surface area contributed by atoms with E-state index in [1.54, 1.807) is 42.7 Å². The molecule has 2 aromatic heterocycles. The van der Waals surface area contributed by atoms with Crippen LogP contribution in [-0.4, -0.2) is 15.9 Å². The summed E-state index contributed by atoms with van der Waals surface area (Å²) >= 11 is 1.52. The fourth-order valence-corrected chi connectivity index (χ4v) is 3.37. The summed E-state index contributed by atoms with van der Waals surface area (Å²) in [6.45, 7) is 0.451. The molecule has 0 atom stereocenters. The maximum Gasteiger partial charge on any atom is 0.336 e. The van der Waals surface area contributed by atoms with Crippen LogP contribution in [0, 0.1) is 0 Å². The molecule has 6 heteroatoms. The Kier molecular flexibility index (Phi) is 5.40. The molecule has 4 aromatic rings. The number of esters is 1. The van der Waals surface area contributed by atoms with Crippen LogP contribution in [-0.2, 0) is 11.4 Å². The van der Waals surface area contributed by atoms with E-state index >= 15 is 0 Å². The molecule has 0 aliphatic heterocycles. The third-order valence-corrected chi connectivity index (χ3v) is 4.87. The van der Waals surface area contributed by atoms with Crippen LogP contribution < -0.4 is 9.47 Å². The van der Waals surface area contributed by atoms with Crippen LogP contribution in [0.15, 0.2) is 79.1 Å². The second-order valence-electron chi connectivity index (χ2n) is 5.89. The molecule has 138 valence electrons. The molecule has 0 aliphatic carbocycles. The molecule has 4 rings (SSSR count). The number of carbonyl (C=O) groups is 1. The van der Waals surface area contributed by atoms with Crippen LogP contribution in [0.4, 0.5) is 0 Å². The molecular weight excluding hydrogens is 372 g/mol. The molecule has 2 aromatic carbocycles. The highest BCUT2D eigenvalue weighted by atomic mass is 32.1. The van der Waals surface area contributed by atoms with E-state index in [2.05, 4.69) is 9.97 Å². The van der Waals surface area contributed by atoms with Gasteiger partial charge in [0.1, 0.15) is 23.1 Å². The molecule has 0 saturated heterocycles. The van der Waals surface area contributed by atoms with E-state index in [0.717, 1.165) is 20.8 Å². The molecule has 0 bridgehead atoms. The maximum absolute atomic E-state index is 12.0. The van der Waals surface area contributed by atoms with Gasteiger partial charge in [0, 0.05) is 18.5 Å². The molecule has 0 N–H and O–H groups in total. The molecule has 0 fully saturated rings. The Labute approximate surface area is 165 Å². The summed E-state index contributed by atoms with van der Waals surface area (Å²) in [6.07, 6.45) is 6.50. The molecule has 0 amide bonds. The number of ether oxygens (including phenoxy) is 2. The van der Waals surface area contributed by atoms with Gasteiger partial charge in [0.15, 0.2) is 0 Å². The minimum atomic E-state index is -0.454. The van der Waals surface area contributed by atoms with Gasteiger partial charge in [-0.25, -0.2) is 9.78 Å². The van der Waals surface area contributed by atoms with Crippen molar-refractivity contribution in [3.8, 4) is 11.5 Å². The second-order valence-corrected chi connectivity index (χ2v) is 6.95. The second kappa shape index (κ2) is 8.45. The number of para-hydroxylation sites is 1. The predicted molar refractivity (Wildman–Crippen MR) is 109 cm³/mol. The zero-order valence-corrected chi connectivity index (χ0v) is 15.6. The number of nitrogens with zero attached hydrogens (tertiary/aromatic N) is 2. The van der Waals surface area contributed by atoms with Gasteiger partial charge >= 0.3 is 5.97 Å². The summed E-state index contributed by atoms with van der Waals surface area (Å²) in [5, 5.41) is 0.762. The first-order chi connectivity index (χ1) is 13.8. The summed E-state index contributed by atoms with van der Waals surface area (Å²) < 4.78 is 12.1. The average molecular weight is 388 g/mol. The predicted octanol–water partition coefficient (Wildman–Crippen LogP) is 4.89. The van der Waals surface area contributed by atoms with Crippen molar-refractivity contribution in [2.75, 3.05) is 0 Å². The van der Waals surface area contributed by atoms with Gasteiger partial charge in [0.2, 0.25) is 0 Å². The smallest absolute Gasteiger partial charge is 0.336 e. The number of hydrogen-bond donors (Lipinski definition) is 0. The van der Waals surface area contributed by atoms with Gasteiger partial charge in [0.05, 0.1) is 10.2 Å². The lowest BCUT2D eigenvalue weighted by atomic mass is 10.3. The van der Waals surface area contributed by atoms with Crippen molar-refractivity contribution in [3.05, 3.63) is 89.7 Å². The normalized spacial score (nSPS) is 11.0.